The third-order valence-electron chi connectivity index (χ3n) is 5.90. The maximum absolute atomic E-state index is 12.9. The van der Waals surface area contributed by atoms with Crippen LogP contribution in [-0.2, 0) is 14.3 Å². The van der Waals surface area contributed by atoms with Gasteiger partial charge in [-0.1, -0.05) is 69.3 Å². The molecule has 2 aromatic rings. The molecule has 0 bridgehead atoms. The molecule has 8 nitrogen and oxygen atoms in total. The van der Waals surface area contributed by atoms with E-state index in [-0.39, 0.29) is 19.1 Å². The van der Waals surface area contributed by atoms with Crippen molar-refractivity contribution in [3.05, 3.63) is 59.7 Å². The first kappa shape index (κ1) is 25.2. The van der Waals surface area contributed by atoms with Crippen molar-refractivity contribution in [3.8, 4) is 11.1 Å². The molecular formula is C26H33N3O5. The van der Waals surface area contributed by atoms with E-state index in [1.807, 2.05) is 36.4 Å². The van der Waals surface area contributed by atoms with Gasteiger partial charge in [-0.15, -0.1) is 0 Å². The molecular weight excluding hydrogens is 434 g/mol. The number of amides is 2. The van der Waals surface area contributed by atoms with Crippen molar-refractivity contribution in [2.24, 2.45) is 5.41 Å². The van der Waals surface area contributed by atoms with Crippen LogP contribution in [0.3, 0.4) is 0 Å². The van der Waals surface area contributed by atoms with Crippen LogP contribution in [0.5, 0.6) is 0 Å². The topological polar surface area (TPSA) is 108 Å². The third-order valence-corrected chi connectivity index (χ3v) is 5.90. The SMILES string of the molecule is CN(C)CC(NC(=O)[C@@H](NC(=O)OCC1c2ccccc2-c2ccccc21)C(C)(C)C)C(=O)O. The second-order valence-electron chi connectivity index (χ2n) is 9.93. The van der Waals surface area contributed by atoms with Gasteiger partial charge in [0, 0.05) is 12.5 Å². The lowest BCUT2D eigenvalue weighted by molar-refractivity contribution is -0.143. The number of nitrogens with zero attached hydrogens (tertiary/aromatic N) is 1. The summed E-state index contributed by atoms with van der Waals surface area (Å²) in [5.74, 6) is -1.82. The fourth-order valence-electron chi connectivity index (χ4n) is 4.24. The number of hydrogen-bond donors (Lipinski definition) is 3. The Hall–Kier alpha value is -3.39. The number of carboxylic acid groups (broad SMARTS) is 1. The highest BCUT2D eigenvalue weighted by molar-refractivity contribution is 5.90. The molecule has 0 aliphatic heterocycles. The Morgan fingerprint density at radius 2 is 1.50 bits per heavy atom. The number of aliphatic carboxylic acids is 1. The number of ether oxygens (including phenoxy) is 1. The van der Waals surface area contributed by atoms with Crippen LogP contribution in [0.4, 0.5) is 4.79 Å². The van der Waals surface area contributed by atoms with Crippen LogP contribution in [0, 0.1) is 5.41 Å². The van der Waals surface area contributed by atoms with Crippen LogP contribution in [0.15, 0.2) is 48.5 Å². The van der Waals surface area contributed by atoms with E-state index >= 15 is 0 Å². The number of likely N-dealkylation sites (N-methyl/N-ethyl adjacent to an activating group) is 1. The molecule has 2 atom stereocenters. The first-order valence-corrected chi connectivity index (χ1v) is 11.3. The Labute approximate surface area is 200 Å². The molecule has 0 saturated heterocycles. The molecule has 1 aliphatic carbocycles. The van der Waals surface area contributed by atoms with Gasteiger partial charge in [-0.3, -0.25) is 4.79 Å². The number of carboxylic acids is 1. The van der Waals surface area contributed by atoms with E-state index in [9.17, 15) is 19.5 Å². The van der Waals surface area contributed by atoms with Gasteiger partial charge in [-0.2, -0.15) is 0 Å². The Balaban J connectivity index is 1.69. The Morgan fingerprint density at radius 3 is 1.97 bits per heavy atom. The quantitative estimate of drug-likeness (QED) is 0.551. The lowest BCUT2D eigenvalue weighted by atomic mass is 9.86. The van der Waals surface area contributed by atoms with Gasteiger partial charge < -0.3 is 25.4 Å². The Morgan fingerprint density at radius 1 is 0.971 bits per heavy atom. The van der Waals surface area contributed by atoms with Crippen LogP contribution in [0.2, 0.25) is 0 Å². The van der Waals surface area contributed by atoms with Gasteiger partial charge in [0.15, 0.2) is 0 Å². The largest absolute Gasteiger partial charge is 0.480 e. The lowest BCUT2D eigenvalue weighted by Gasteiger charge is -2.31. The van der Waals surface area contributed by atoms with Crippen molar-refractivity contribution in [2.75, 3.05) is 27.2 Å². The summed E-state index contributed by atoms with van der Waals surface area (Å²) in [5, 5.41) is 14.6. The Kier molecular flexibility index (Phi) is 7.61. The molecule has 3 rings (SSSR count). The average Bonchev–Trinajstić information content (AvgIpc) is 3.08. The predicted molar refractivity (Wildman–Crippen MR) is 130 cm³/mol. The summed E-state index contributed by atoms with van der Waals surface area (Å²) >= 11 is 0. The van der Waals surface area contributed by atoms with Crippen LogP contribution >= 0.6 is 0 Å². The summed E-state index contributed by atoms with van der Waals surface area (Å²) in [4.78, 5) is 38.9. The molecule has 182 valence electrons. The Bertz CT molecular complexity index is 1010. The van der Waals surface area contributed by atoms with Gasteiger partial charge in [0.2, 0.25) is 5.91 Å². The van der Waals surface area contributed by atoms with E-state index in [4.69, 9.17) is 4.74 Å². The van der Waals surface area contributed by atoms with Crippen molar-refractivity contribution < 1.29 is 24.2 Å². The number of fused-ring (bicyclic) bond motifs is 3. The summed E-state index contributed by atoms with van der Waals surface area (Å²) < 4.78 is 5.58. The van der Waals surface area contributed by atoms with Gasteiger partial charge in [0.1, 0.15) is 18.7 Å². The molecule has 34 heavy (non-hydrogen) atoms. The minimum Gasteiger partial charge on any atom is -0.480 e. The van der Waals surface area contributed by atoms with E-state index in [1.54, 1.807) is 39.8 Å². The summed E-state index contributed by atoms with van der Waals surface area (Å²) in [6, 6.07) is 14.0. The van der Waals surface area contributed by atoms with Crippen molar-refractivity contribution >= 4 is 18.0 Å². The van der Waals surface area contributed by atoms with Crippen molar-refractivity contribution in [1.82, 2.24) is 15.5 Å². The highest BCUT2D eigenvalue weighted by atomic mass is 16.5. The lowest BCUT2D eigenvalue weighted by Crippen LogP contribution is -2.58. The fourth-order valence-corrected chi connectivity index (χ4v) is 4.24. The van der Waals surface area contributed by atoms with Crippen LogP contribution in [0.1, 0.15) is 37.8 Å². The molecule has 8 heteroatoms. The number of carbonyl (C=O) groups is 3. The van der Waals surface area contributed by atoms with Crippen molar-refractivity contribution in [2.45, 2.75) is 38.8 Å². The zero-order chi connectivity index (χ0) is 25.0. The van der Waals surface area contributed by atoms with E-state index in [0.29, 0.717) is 0 Å². The zero-order valence-electron chi connectivity index (χ0n) is 20.3. The van der Waals surface area contributed by atoms with Gasteiger partial charge in [0.05, 0.1) is 0 Å². The number of alkyl carbamates (subject to hydrolysis) is 1. The van der Waals surface area contributed by atoms with E-state index in [2.05, 4.69) is 22.8 Å². The number of carbonyl (C=O) groups excluding carboxylic acids is 2. The molecule has 0 aromatic heterocycles. The zero-order valence-corrected chi connectivity index (χ0v) is 20.3. The number of rotatable bonds is 8. The van der Waals surface area contributed by atoms with E-state index in [0.717, 1.165) is 22.3 Å². The van der Waals surface area contributed by atoms with Crippen LogP contribution in [-0.4, -0.2) is 67.3 Å². The number of nitrogens with one attached hydrogen (secondary N) is 2. The standard InChI is InChI=1S/C26H33N3O5/c1-26(2,3)22(23(30)27-21(24(31)32)14-29(4)5)28-25(33)34-15-20-18-12-8-6-10-16(18)17-11-7-9-13-19(17)20/h6-13,20-22H,14-15H2,1-5H3,(H,27,30)(H,28,33)(H,31,32)/t21?,22-/m1/s1. The highest BCUT2D eigenvalue weighted by Crippen LogP contribution is 2.44. The first-order valence-electron chi connectivity index (χ1n) is 11.3. The fraction of sp³-hybridized carbons (Fsp3) is 0.423. The molecule has 0 radical (unpaired) electrons. The molecule has 0 fully saturated rings. The minimum absolute atomic E-state index is 0.100. The van der Waals surface area contributed by atoms with Crippen molar-refractivity contribution in [3.63, 3.8) is 0 Å². The number of benzene rings is 2. The summed E-state index contributed by atoms with van der Waals surface area (Å²) in [5.41, 5.74) is 3.76. The highest BCUT2D eigenvalue weighted by Gasteiger charge is 2.36. The molecule has 1 aliphatic rings. The van der Waals surface area contributed by atoms with Crippen LogP contribution in [0.25, 0.3) is 11.1 Å². The molecule has 0 spiro atoms. The summed E-state index contributed by atoms with van der Waals surface area (Å²) in [7, 11) is 3.44. The summed E-state index contributed by atoms with van der Waals surface area (Å²) in [6.45, 7) is 5.63. The van der Waals surface area contributed by atoms with Crippen molar-refractivity contribution in [1.29, 1.82) is 0 Å². The number of hydrogen-bond acceptors (Lipinski definition) is 5. The maximum Gasteiger partial charge on any atom is 0.407 e. The van der Waals surface area contributed by atoms with E-state index < -0.39 is 35.5 Å². The van der Waals surface area contributed by atoms with Gasteiger partial charge in [-0.05, 0) is 41.8 Å². The predicted octanol–water partition coefficient (Wildman–Crippen LogP) is 3.07. The minimum atomic E-state index is -1.14. The van der Waals surface area contributed by atoms with Gasteiger partial charge >= 0.3 is 12.1 Å². The molecule has 2 amide bonds. The molecule has 1 unspecified atom stereocenters. The van der Waals surface area contributed by atoms with Gasteiger partial charge in [0.25, 0.3) is 0 Å². The smallest absolute Gasteiger partial charge is 0.407 e. The van der Waals surface area contributed by atoms with Crippen LogP contribution < -0.4 is 10.6 Å². The molecule has 0 saturated carbocycles. The van der Waals surface area contributed by atoms with E-state index in [1.165, 1.54) is 0 Å². The monoisotopic (exact) mass is 467 g/mol. The second-order valence-corrected chi connectivity index (χ2v) is 9.93. The van der Waals surface area contributed by atoms with Gasteiger partial charge in [-0.25, -0.2) is 9.59 Å². The second kappa shape index (κ2) is 10.3. The average molecular weight is 468 g/mol. The normalized spacial score (nSPS) is 14.6. The molecule has 3 N–H and O–H groups in total. The maximum atomic E-state index is 12.9. The molecule has 2 aromatic carbocycles. The molecule has 0 heterocycles. The third kappa shape index (κ3) is 5.75. The first-order chi connectivity index (χ1) is 16.0. The summed E-state index contributed by atoms with van der Waals surface area (Å²) in [6.07, 6.45) is -0.726.